The lowest BCUT2D eigenvalue weighted by atomic mass is 9.81. The molecule has 2 rings (SSSR count). The minimum absolute atomic E-state index is 0.361. The van der Waals surface area contributed by atoms with Gasteiger partial charge in [0.1, 0.15) is 0 Å². The summed E-state index contributed by atoms with van der Waals surface area (Å²) in [7, 11) is 0. The van der Waals surface area contributed by atoms with Gasteiger partial charge in [-0.25, -0.2) is 0 Å². The van der Waals surface area contributed by atoms with Gasteiger partial charge in [-0.2, -0.15) is 0 Å². The maximum atomic E-state index is 5.57. The molecule has 0 spiro atoms. The van der Waals surface area contributed by atoms with Crippen LogP contribution in [0, 0.1) is 17.8 Å². The Labute approximate surface area is 104 Å². The van der Waals surface area contributed by atoms with E-state index < -0.39 is 0 Å². The van der Waals surface area contributed by atoms with E-state index in [1.54, 1.807) is 0 Å². The molecule has 0 unspecified atom stereocenters. The predicted octanol–water partition coefficient (Wildman–Crippen LogP) is 3.89. The van der Waals surface area contributed by atoms with Crippen LogP contribution in [-0.4, -0.2) is 6.79 Å². The highest BCUT2D eigenvalue weighted by atomic mass is 16.7. The van der Waals surface area contributed by atoms with Crippen LogP contribution in [0.5, 0.6) is 11.5 Å². The highest BCUT2D eigenvalue weighted by Gasteiger charge is 2.23. The summed E-state index contributed by atoms with van der Waals surface area (Å²) in [6.07, 6.45) is 1.07. The van der Waals surface area contributed by atoms with Crippen LogP contribution >= 0.6 is 0 Å². The van der Waals surface area contributed by atoms with Crippen molar-refractivity contribution in [2.45, 2.75) is 34.1 Å². The monoisotopic (exact) mass is 234 g/mol. The summed E-state index contributed by atoms with van der Waals surface area (Å²) >= 11 is 0. The first-order valence-corrected chi connectivity index (χ1v) is 6.47. The Bertz CT molecular complexity index is 375. The largest absolute Gasteiger partial charge is 0.454 e. The Morgan fingerprint density at radius 3 is 2.41 bits per heavy atom. The summed E-state index contributed by atoms with van der Waals surface area (Å²) in [4.78, 5) is 0. The molecule has 0 aromatic heterocycles. The molecule has 0 bridgehead atoms. The van der Waals surface area contributed by atoms with Gasteiger partial charge in [0.25, 0.3) is 0 Å². The van der Waals surface area contributed by atoms with Crippen molar-refractivity contribution in [1.82, 2.24) is 0 Å². The van der Waals surface area contributed by atoms with Crippen molar-refractivity contribution in [3.8, 4) is 11.5 Å². The van der Waals surface area contributed by atoms with E-state index in [1.807, 2.05) is 6.07 Å². The van der Waals surface area contributed by atoms with Gasteiger partial charge in [-0.3, -0.25) is 0 Å². The Morgan fingerprint density at radius 1 is 1.06 bits per heavy atom. The van der Waals surface area contributed by atoms with Crippen LogP contribution in [0.1, 0.15) is 33.3 Å². The highest BCUT2D eigenvalue weighted by molar-refractivity contribution is 5.48. The minimum Gasteiger partial charge on any atom is -0.454 e. The van der Waals surface area contributed by atoms with E-state index in [-0.39, 0.29) is 0 Å². The maximum absolute atomic E-state index is 5.57. The number of benzene rings is 1. The Kier molecular flexibility index (Phi) is 3.60. The van der Waals surface area contributed by atoms with Crippen LogP contribution in [-0.2, 0) is 6.42 Å². The van der Waals surface area contributed by atoms with Gasteiger partial charge in [0.2, 0.25) is 6.79 Å². The second kappa shape index (κ2) is 4.99. The summed E-state index contributed by atoms with van der Waals surface area (Å²) in [6.45, 7) is 9.55. The van der Waals surface area contributed by atoms with Crippen LogP contribution in [0.2, 0.25) is 0 Å². The van der Waals surface area contributed by atoms with Gasteiger partial charge < -0.3 is 9.47 Å². The van der Waals surface area contributed by atoms with Crippen molar-refractivity contribution in [2.75, 3.05) is 6.79 Å². The van der Waals surface area contributed by atoms with Gasteiger partial charge in [-0.15, -0.1) is 0 Å². The van der Waals surface area contributed by atoms with Crippen LogP contribution < -0.4 is 9.47 Å². The molecule has 1 aliphatic heterocycles. The van der Waals surface area contributed by atoms with E-state index in [2.05, 4.69) is 39.8 Å². The SMILES string of the molecule is CC(C)C(Cc1cccc2c1OCO2)C(C)C. The van der Waals surface area contributed by atoms with E-state index in [9.17, 15) is 0 Å². The van der Waals surface area contributed by atoms with Gasteiger partial charge in [0.05, 0.1) is 0 Å². The zero-order chi connectivity index (χ0) is 12.4. The van der Waals surface area contributed by atoms with Crippen LogP contribution in [0.4, 0.5) is 0 Å². The topological polar surface area (TPSA) is 18.5 Å². The second-order valence-electron chi connectivity index (χ2n) is 5.51. The minimum atomic E-state index is 0.361. The standard InChI is InChI=1S/C15H22O2/c1-10(2)13(11(3)4)8-12-6-5-7-14-15(12)17-9-16-14/h5-7,10-11,13H,8-9H2,1-4H3. The zero-order valence-corrected chi connectivity index (χ0v) is 11.2. The number of para-hydroxylation sites is 1. The molecule has 0 saturated carbocycles. The molecule has 2 heteroatoms. The molecule has 0 aliphatic carbocycles. The van der Waals surface area contributed by atoms with E-state index in [1.165, 1.54) is 5.56 Å². The number of hydrogen-bond donors (Lipinski definition) is 0. The zero-order valence-electron chi connectivity index (χ0n) is 11.2. The van der Waals surface area contributed by atoms with Crippen LogP contribution in [0.3, 0.4) is 0 Å². The van der Waals surface area contributed by atoms with Crippen molar-refractivity contribution in [3.05, 3.63) is 23.8 Å². The summed E-state index contributed by atoms with van der Waals surface area (Å²) in [5.41, 5.74) is 1.28. The van der Waals surface area contributed by atoms with E-state index in [0.29, 0.717) is 24.5 Å². The average molecular weight is 234 g/mol. The smallest absolute Gasteiger partial charge is 0.231 e. The van der Waals surface area contributed by atoms with Crippen molar-refractivity contribution in [3.63, 3.8) is 0 Å². The average Bonchev–Trinajstić information content (AvgIpc) is 2.73. The number of rotatable bonds is 4. The van der Waals surface area contributed by atoms with Crippen molar-refractivity contribution >= 4 is 0 Å². The summed E-state index contributed by atoms with van der Waals surface area (Å²) in [5, 5.41) is 0. The quantitative estimate of drug-likeness (QED) is 0.787. The fraction of sp³-hybridized carbons (Fsp3) is 0.600. The molecular weight excluding hydrogens is 212 g/mol. The van der Waals surface area contributed by atoms with Crippen molar-refractivity contribution < 1.29 is 9.47 Å². The molecule has 17 heavy (non-hydrogen) atoms. The van der Waals surface area contributed by atoms with E-state index >= 15 is 0 Å². The molecule has 0 amide bonds. The normalized spacial score (nSPS) is 14.1. The lowest BCUT2D eigenvalue weighted by molar-refractivity contribution is 0.172. The third-order valence-corrected chi connectivity index (χ3v) is 3.65. The first-order valence-electron chi connectivity index (χ1n) is 6.47. The molecule has 0 fully saturated rings. The second-order valence-corrected chi connectivity index (χ2v) is 5.51. The predicted molar refractivity (Wildman–Crippen MR) is 69.4 cm³/mol. The summed E-state index contributed by atoms with van der Waals surface area (Å²) < 4.78 is 11.0. The fourth-order valence-electron chi connectivity index (χ4n) is 2.65. The van der Waals surface area contributed by atoms with E-state index in [4.69, 9.17) is 9.47 Å². The Balaban J connectivity index is 2.21. The summed E-state index contributed by atoms with van der Waals surface area (Å²) in [6, 6.07) is 6.19. The first-order chi connectivity index (χ1) is 8.09. The third kappa shape index (κ3) is 2.56. The molecule has 1 aromatic rings. The van der Waals surface area contributed by atoms with Gasteiger partial charge in [0, 0.05) is 0 Å². The molecule has 94 valence electrons. The molecule has 0 saturated heterocycles. The van der Waals surface area contributed by atoms with Crippen LogP contribution in [0.15, 0.2) is 18.2 Å². The van der Waals surface area contributed by atoms with Gasteiger partial charge >= 0.3 is 0 Å². The van der Waals surface area contributed by atoms with Gasteiger partial charge in [-0.1, -0.05) is 39.8 Å². The Morgan fingerprint density at radius 2 is 1.76 bits per heavy atom. The fourth-order valence-corrected chi connectivity index (χ4v) is 2.65. The van der Waals surface area contributed by atoms with Crippen molar-refractivity contribution in [1.29, 1.82) is 0 Å². The summed E-state index contributed by atoms with van der Waals surface area (Å²) in [5.74, 6) is 3.92. The first kappa shape index (κ1) is 12.3. The third-order valence-electron chi connectivity index (χ3n) is 3.65. The van der Waals surface area contributed by atoms with E-state index in [0.717, 1.165) is 17.9 Å². The molecule has 0 N–H and O–H groups in total. The maximum Gasteiger partial charge on any atom is 0.231 e. The Hall–Kier alpha value is -1.18. The van der Waals surface area contributed by atoms with Crippen LogP contribution in [0.25, 0.3) is 0 Å². The molecule has 1 heterocycles. The molecule has 0 radical (unpaired) electrons. The van der Waals surface area contributed by atoms with Gasteiger partial charge in [0.15, 0.2) is 11.5 Å². The number of fused-ring (bicyclic) bond motifs is 1. The number of ether oxygens (including phenoxy) is 2. The number of hydrogen-bond acceptors (Lipinski definition) is 2. The van der Waals surface area contributed by atoms with Crippen molar-refractivity contribution in [2.24, 2.45) is 17.8 Å². The van der Waals surface area contributed by atoms with Gasteiger partial charge in [-0.05, 0) is 35.8 Å². The lowest BCUT2D eigenvalue weighted by Crippen LogP contribution is -2.18. The highest BCUT2D eigenvalue weighted by Crippen LogP contribution is 2.38. The molecule has 1 aromatic carbocycles. The molecule has 2 nitrogen and oxygen atoms in total. The molecule has 0 atom stereocenters. The lowest BCUT2D eigenvalue weighted by Gasteiger charge is -2.25. The molecule has 1 aliphatic rings. The molecular formula is C15H22O2.